The molecule has 1 aliphatic heterocycles. The number of hydrogen-bond acceptors (Lipinski definition) is 3. The van der Waals surface area contributed by atoms with Crippen molar-refractivity contribution in [2.24, 2.45) is 0 Å². The Hall–Kier alpha value is -2.88. The Balaban J connectivity index is 1.55. The van der Waals surface area contributed by atoms with Crippen LogP contribution in [0.2, 0.25) is 0 Å². The number of aromatic nitrogens is 1. The summed E-state index contributed by atoms with van der Waals surface area (Å²) in [5.74, 6) is 0.106. The number of nitrogens with zero attached hydrogens (tertiary/aromatic N) is 3. The molecule has 0 bridgehead atoms. The average molecular weight is 331 g/mol. The highest BCUT2D eigenvalue weighted by atomic mass is 16.2. The number of aryl methyl sites for hydroxylation is 1. The Morgan fingerprint density at radius 1 is 0.920 bits per heavy atom. The summed E-state index contributed by atoms with van der Waals surface area (Å²) >= 11 is 0. The van der Waals surface area contributed by atoms with E-state index in [0.717, 1.165) is 48.3 Å². The van der Waals surface area contributed by atoms with E-state index in [1.165, 1.54) is 5.69 Å². The summed E-state index contributed by atoms with van der Waals surface area (Å²) in [5.41, 5.74) is 3.75. The van der Waals surface area contributed by atoms with E-state index in [-0.39, 0.29) is 5.91 Å². The third-order valence-corrected chi connectivity index (χ3v) is 4.76. The summed E-state index contributed by atoms with van der Waals surface area (Å²) in [5, 5.41) is 0.934. The SMILES string of the molecule is Cc1cc(C(=O)N2CCN(c3ccccc3)CC2)c2ccccc2n1. The first-order valence-electron chi connectivity index (χ1n) is 8.68. The van der Waals surface area contributed by atoms with E-state index >= 15 is 0 Å². The normalized spacial score (nSPS) is 14.8. The lowest BCUT2D eigenvalue weighted by Crippen LogP contribution is -2.48. The van der Waals surface area contributed by atoms with Crippen molar-refractivity contribution in [1.82, 2.24) is 9.88 Å². The van der Waals surface area contributed by atoms with Crippen LogP contribution in [0.1, 0.15) is 16.1 Å². The molecule has 0 radical (unpaired) electrons. The summed E-state index contributed by atoms with van der Waals surface area (Å²) in [4.78, 5) is 21.9. The van der Waals surface area contributed by atoms with Crippen LogP contribution in [0, 0.1) is 6.92 Å². The Labute approximate surface area is 147 Å². The van der Waals surface area contributed by atoms with E-state index in [1.807, 2.05) is 48.2 Å². The molecular formula is C21H21N3O. The van der Waals surface area contributed by atoms with Crippen molar-refractivity contribution in [3.05, 3.63) is 71.9 Å². The minimum absolute atomic E-state index is 0.106. The fraction of sp³-hybridized carbons (Fsp3) is 0.238. The van der Waals surface area contributed by atoms with Crippen LogP contribution in [0.25, 0.3) is 10.9 Å². The van der Waals surface area contributed by atoms with E-state index in [1.54, 1.807) is 0 Å². The van der Waals surface area contributed by atoms with Gasteiger partial charge in [0.2, 0.25) is 0 Å². The Kier molecular flexibility index (Phi) is 4.10. The smallest absolute Gasteiger partial charge is 0.254 e. The summed E-state index contributed by atoms with van der Waals surface area (Å²) < 4.78 is 0. The number of anilines is 1. The maximum atomic E-state index is 13.1. The highest BCUT2D eigenvalue weighted by Gasteiger charge is 2.23. The van der Waals surface area contributed by atoms with Gasteiger partial charge in [0.25, 0.3) is 5.91 Å². The van der Waals surface area contributed by atoms with Gasteiger partial charge in [0.15, 0.2) is 0 Å². The van der Waals surface area contributed by atoms with E-state index in [4.69, 9.17) is 0 Å². The molecule has 0 N–H and O–H groups in total. The summed E-state index contributed by atoms with van der Waals surface area (Å²) in [6.07, 6.45) is 0. The lowest BCUT2D eigenvalue weighted by molar-refractivity contribution is 0.0748. The molecule has 0 spiro atoms. The largest absolute Gasteiger partial charge is 0.368 e. The van der Waals surface area contributed by atoms with E-state index in [0.29, 0.717) is 0 Å². The van der Waals surface area contributed by atoms with Crippen molar-refractivity contribution in [3.8, 4) is 0 Å². The molecule has 3 aromatic rings. The topological polar surface area (TPSA) is 36.4 Å². The zero-order valence-electron chi connectivity index (χ0n) is 14.4. The number of fused-ring (bicyclic) bond motifs is 1. The van der Waals surface area contributed by atoms with Gasteiger partial charge in [-0.25, -0.2) is 0 Å². The number of benzene rings is 2. The summed E-state index contributed by atoms with van der Waals surface area (Å²) in [6, 6.07) is 20.2. The zero-order valence-corrected chi connectivity index (χ0v) is 14.4. The fourth-order valence-corrected chi connectivity index (χ4v) is 3.46. The van der Waals surface area contributed by atoms with Gasteiger partial charge in [-0.05, 0) is 31.2 Å². The zero-order chi connectivity index (χ0) is 17.2. The van der Waals surface area contributed by atoms with Gasteiger partial charge in [0.05, 0.1) is 11.1 Å². The van der Waals surface area contributed by atoms with E-state index in [2.05, 4.69) is 34.1 Å². The molecule has 1 aromatic heterocycles. The van der Waals surface area contributed by atoms with Gasteiger partial charge in [0.1, 0.15) is 0 Å². The number of pyridine rings is 1. The molecule has 0 saturated carbocycles. The second-order valence-corrected chi connectivity index (χ2v) is 6.44. The number of piperazine rings is 1. The molecule has 4 heteroatoms. The first-order valence-corrected chi connectivity index (χ1v) is 8.68. The van der Waals surface area contributed by atoms with Crippen LogP contribution in [0.4, 0.5) is 5.69 Å². The number of rotatable bonds is 2. The van der Waals surface area contributed by atoms with Crippen molar-refractivity contribution in [2.75, 3.05) is 31.1 Å². The number of para-hydroxylation sites is 2. The molecule has 2 aromatic carbocycles. The first-order chi connectivity index (χ1) is 12.2. The predicted molar refractivity (Wildman–Crippen MR) is 101 cm³/mol. The van der Waals surface area contributed by atoms with Crippen LogP contribution in [0.5, 0.6) is 0 Å². The van der Waals surface area contributed by atoms with Crippen molar-refractivity contribution in [3.63, 3.8) is 0 Å². The van der Waals surface area contributed by atoms with Gasteiger partial charge in [0, 0.05) is 42.9 Å². The Morgan fingerprint density at radius 2 is 1.60 bits per heavy atom. The Morgan fingerprint density at radius 3 is 2.36 bits per heavy atom. The monoisotopic (exact) mass is 331 g/mol. The van der Waals surface area contributed by atoms with E-state index in [9.17, 15) is 4.79 Å². The standard InChI is InChI=1S/C21H21N3O/c1-16-15-19(18-9-5-6-10-20(18)22-16)21(25)24-13-11-23(12-14-24)17-7-3-2-4-8-17/h2-10,15H,11-14H2,1H3. The molecule has 126 valence electrons. The van der Waals surface area contributed by atoms with Crippen LogP contribution in [-0.2, 0) is 0 Å². The molecule has 2 heterocycles. The lowest BCUT2D eigenvalue weighted by atomic mass is 10.1. The van der Waals surface area contributed by atoms with Crippen LogP contribution in [-0.4, -0.2) is 42.0 Å². The van der Waals surface area contributed by atoms with E-state index < -0.39 is 0 Å². The van der Waals surface area contributed by atoms with Gasteiger partial charge in [-0.3, -0.25) is 9.78 Å². The van der Waals surface area contributed by atoms with Crippen LogP contribution in [0.3, 0.4) is 0 Å². The number of amides is 1. The summed E-state index contributed by atoms with van der Waals surface area (Å²) in [7, 11) is 0. The molecular weight excluding hydrogens is 310 g/mol. The quantitative estimate of drug-likeness (QED) is 0.721. The van der Waals surface area contributed by atoms with Crippen LogP contribution < -0.4 is 4.90 Å². The number of carbonyl (C=O) groups is 1. The molecule has 0 atom stereocenters. The number of carbonyl (C=O) groups excluding carboxylic acids is 1. The highest BCUT2D eigenvalue weighted by Crippen LogP contribution is 2.22. The predicted octanol–water partition coefficient (Wildman–Crippen LogP) is 3.51. The molecule has 0 unspecified atom stereocenters. The van der Waals surface area contributed by atoms with Gasteiger partial charge in [-0.2, -0.15) is 0 Å². The fourth-order valence-electron chi connectivity index (χ4n) is 3.46. The van der Waals surface area contributed by atoms with Crippen LogP contribution in [0.15, 0.2) is 60.7 Å². The van der Waals surface area contributed by atoms with Gasteiger partial charge < -0.3 is 9.80 Å². The van der Waals surface area contributed by atoms with Gasteiger partial charge in [-0.15, -0.1) is 0 Å². The van der Waals surface area contributed by atoms with Crippen molar-refractivity contribution >= 4 is 22.5 Å². The van der Waals surface area contributed by atoms with Crippen molar-refractivity contribution in [1.29, 1.82) is 0 Å². The number of hydrogen-bond donors (Lipinski definition) is 0. The molecule has 0 aliphatic carbocycles. The van der Waals surface area contributed by atoms with Gasteiger partial charge >= 0.3 is 0 Å². The summed E-state index contributed by atoms with van der Waals surface area (Å²) in [6.45, 7) is 5.14. The molecule has 25 heavy (non-hydrogen) atoms. The maximum Gasteiger partial charge on any atom is 0.254 e. The molecule has 1 amide bonds. The lowest BCUT2D eigenvalue weighted by Gasteiger charge is -2.36. The van der Waals surface area contributed by atoms with Crippen molar-refractivity contribution < 1.29 is 4.79 Å². The molecule has 4 nitrogen and oxygen atoms in total. The second kappa shape index (κ2) is 6.55. The minimum atomic E-state index is 0.106. The third kappa shape index (κ3) is 3.07. The van der Waals surface area contributed by atoms with Crippen molar-refractivity contribution in [2.45, 2.75) is 6.92 Å². The average Bonchev–Trinajstić information content (AvgIpc) is 2.67. The highest BCUT2D eigenvalue weighted by molar-refractivity contribution is 6.06. The molecule has 1 fully saturated rings. The molecule has 1 aliphatic rings. The third-order valence-electron chi connectivity index (χ3n) is 4.76. The van der Waals surface area contributed by atoms with Gasteiger partial charge in [-0.1, -0.05) is 36.4 Å². The Bertz CT molecular complexity index is 899. The molecule has 1 saturated heterocycles. The first kappa shape index (κ1) is 15.6. The maximum absolute atomic E-state index is 13.1. The molecule has 4 rings (SSSR count). The minimum Gasteiger partial charge on any atom is -0.368 e. The van der Waals surface area contributed by atoms with Crippen LogP contribution >= 0.6 is 0 Å². The second-order valence-electron chi connectivity index (χ2n) is 6.44.